The van der Waals surface area contributed by atoms with Crippen molar-refractivity contribution in [2.24, 2.45) is 5.73 Å². The molecule has 0 bridgehead atoms. The van der Waals surface area contributed by atoms with Gasteiger partial charge in [-0.15, -0.1) is 0 Å². The van der Waals surface area contributed by atoms with E-state index in [-0.39, 0.29) is 6.04 Å². The number of hydrogen-bond acceptors (Lipinski definition) is 2. The van der Waals surface area contributed by atoms with Crippen LogP contribution in [0.15, 0.2) is 54.9 Å². The van der Waals surface area contributed by atoms with E-state index in [4.69, 9.17) is 17.3 Å². The standard InChI is InChI=1S/C15H14ClN3/c16-12-7-5-11(6-8-12)15(9-17)19-10-18-13-3-1-2-4-14(13)19/h1-8,10,15H,9,17H2. The number of nitrogens with zero attached hydrogens (tertiary/aromatic N) is 2. The third-order valence-corrected chi connectivity index (χ3v) is 3.55. The Morgan fingerprint density at radius 1 is 1.11 bits per heavy atom. The Kier molecular flexibility index (Phi) is 3.23. The lowest BCUT2D eigenvalue weighted by atomic mass is 10.1. The highest BCUT2D eigenvalue weighted by atomic mass is 35.5. The Bertz CT molecular complexity index is 688. The molecule has 1 atom stereocenters. The molecule has 0 aliphatic carbocycles. The van der Waals surface area contributed by atoms with Gasteiger partial charge in [-0.3, -0.25) is 0 Å². The summed E-state index contributed by atoms with van der Waals surface area (Å²) >= 11 is 5.93. The van der Waals surface area contributed by atoms with Gasteiger partial charge in [0.05, 0.1) is 23.4 Å². The molecule has 0 saturated carbocycles. The van der Waals surface area contributed by atoms with Crippen molar-refractivity contribution in [3.8, 4) is 0 Å². The molecular formula is C15H14ClN3. The summed E-state index contributed by atoms with van der Waals surface area (Å²) in [6.07, 6.45) is 1.84. The molecule has 1 heterocycles. The summed E-state index contributed by atoms with van der Waals surface area (Å²) in [5, 5.41) is 0.731. The lowest BCUT2D eigenvalue weighted by Gasteiger charge is -2.18. The van der Waals surface area contributed by atoms with Crippen LogP contribution in [-0.2, 0) is 0 Å². The molecule has 3 aromatic rings. The first-order chi connectivity index (χ1) is 9.29. The number of halogens is 1. The first kappa shape index (κ1) is 12.2. The van der Waals surface area contributed by atoms with Crippen molar-refractivity contribution < 1.29 is 0 Å². The smallest absolute Gasteiger partial charge is 0.0964 e. The summed E-state index contributed by atoms with van der Waals surface area (Å²) in [5.74, 6) is 0. The van der Waals surface area contributed by atoms with Gasteiger partial charge in [-0.05, 0) is 29.8 Å². The maximum atomic E-state index is 5.94. The average Bonchev–Trinajstić information content (AvgIpc) is 2.86. The summed E-state index contributed by atoms with van der Waals surface area (Å²) < 4.78 is 2.11. The van der Waals surface area contributed by atoms with Gasteiger partial charge < -0.3 is 10.3 Å². The molecule has 0 amide bonds. The van der Waals surface area contributed by atoms with Crippen molar-refractivity contribution >= 4 is 22.6 Å². The van der Waals surface area contributed by atoms with E-state index in [0.717, 1.165) is 21.6 Å². The van der Waals surface area contributed by atoms with E-state index >= 15 is 0 Å². The summed E-state index contributed by atoms with van der Waals surface area (Å²) in [4.78, 5) is 4.41. The summed E-state index contributed by atoms with van der Waals surface area (Å²) in [7, 11) is 0. The molecule has 0 spiro atoms. The van der Waals surface area contributed by atoms with Gasteiger partial charge in [-0.2, -0.15) is 0 Å². The third-order valence-electron chi connectivity index (χ3n) is 3.29. The van der Waals surface area contributed by atoms with Crippen LogP contribution in [0.5, 0.6) is 0 Å². The van der Waals surface area contributed by atoms with Crippen LogP contribution in [0.4, 0.5) is 0 Å². The highest BCUT2D eigenvalue weighted by Crippen LogP contribution is 2.24. The highest BCUT2D eigenvalue weighted by molar-refractivity contribution is 6.30. The maximum Gasteiger partial charge on any atom is 0.0964 e. The number of imidazole rings is 1. The van der Waals surface area contributed by atoms with Crippen LogP contribution in [0.2, 0.25) is 5.02 Å². The Hall–Kier alpha value is -1.84. The predicted octanol–water partition coefficient (Wildman–Crippen LogP) is 3.24. The van der Waals surface area contributed by atoms with E-state index in [1.165, 1.54) is 0 Å². The van der Waals surface area contributed by atoms with Crippen LogP contribution in [0.3, 0.4) is 0 Å². The van der Waals surface area contributed by atoms with Crippen LogP contribution < -0.4 is 5.73 Å². The molecule has 0 aliphatic rings. The number of para-hydroxylation sites is 2. The molecule has 2 aromatic carbocycles. The number of benzene rings is 2. The molecule has 1 unspecified atom stereocenters. The molecule has 19 heavy (non-hydrogen) atoms. The van der Waals surface area contributed by atoms with Crippen LogP contribution in [0.25, 0.3) is 11.0 Å². The number of rotatable bonds is 3. The van der Waals surface area contributed by atoms with Gasteiger partial charge in [0.1, 0.15) is 0 Å². The van der Waals surface area contributed by atoms with Crippen molar-refractivity contribution in [1.82, 2.24) is 9.55 Å². The van der Waals surface area contributed by atoms with Crippen molar-refractivity contribution in [2.75, 3.05) is 6.54 Å². The predicted molar refractivity (Wildman–Crippen MR) is 78.4 cm³/mol. The van der Waals surface area contributed by atoms with Crippen LogP contribution >= 0.6 is 11.6 Å². The summed E-state index contributed by atoms with van der Waals surface area (Å²) in [6.45, 7) is 0.516. The lowest BCUT2D eigenvalue weighted by molar-refractivity contribution is 0.610. The first-order valence-corrected chi connectivity index (χ1v) is 6.54. The first-order valence-electron chi connectivity index (χ1n) is 6.16. The quantitative estimate of drug-likeness (QED) is 0.795. The Balaban J connectivity index is 2.09. The fraction of sp³-hybridized carbons (Fsp3) is 0.133. The fourth-order valence-electron chi connectivity index (χ4n) is 2.32. The molecule has 4 heteroatoms. The van der Waals surface area contributed by atoms with E-state index in [2.05, 4.69) is 15.6 Å². The van der Waals surface area contributed by atoms with Gasteiger partial charge >= 0.3 is 0 Å². The molecule has 0 radical (unpaired) electrons. The van der Waals surface area contributed by atoms with Crippen LogP contribution in [0, 0.1) is 0 Å². The second-order valence-corrected chi connectivity index (χ2v) is 4.88. The van der Waals surface area contributed by atoms with E-state index < -0.39 is 0 Å². The van der Waals surface area contributed by atoms with Crippen molar-refractivity contribution in [3.05, 3.63) is 65.4 Å². The second kappa shape index (κ2) is 5.03. The highest BCUT2D eigenvalue weighted by Gasteiger charge is 2.14. The minimum absolute atomic E-state index is 0.0738. The SMILES string of the molecule is NCC(c1ccc(Cl)cc1)n1cnc2ccccc21. The fourth-order valence-corrected chi connectivity index (χ4v) is 2.45. The van der Waals surface area contributed by atoms with E-state index in [0.29, 0.717) is 6.54 Å². The molecule has 3 nitrogen and oxygen atoms in total. The average molecular weight is 272 g/mol. The van der Waals surface area contributed by atoms with Crippen LogP contribution in [-0.4, -0.2) is 16.1 Å². The molecule has 1 aromatic heterocycles. The number of fused-ring (bicyclic) bond motifs is 1. The topological polar surface area (TPSA) is 43.8 Å². The molecule has 96 valence electrons. The zero-order valence-electron chi connectivity index (χ0n) is 10.3. The monoisotopic (exact) mass is 271 g/mol. The molecule has 2 N–H and O–H groups in total. The maximum absolute atomic E-state index is 5.94. The number of hydrogen-bond donors (Lipinski definition) is 1. The van der Waals surface area contributed by atoms with Gasteiger partial charge in [0, 0.05) is 11.6 Å². The lowest BCUT2D eigenvalue weighted by Crippen LogP contribution is -2.19. The molecular weight excluding hydrogens is 258 g/mol. The van der Waals surface area contributed by atoms with Gasteiger partial charge in [0.15, 0.2) is 0 Å². The van der Waals surface area contributed by atoms with E-state index in [9.17, 15) is 0 Å². The summed E-state index contributed by atoms with van der Waals surface area (Å²) in [6, 6.07) is 15.9. The largest absolute Gasteiger partial charge is 0.328 e. The van der Waals surface area contributed by atoms with Gasteiger partial charge in [0.2, 0.25) is 0 Å². The normalized spacial score (nSPS) is 12.7. The molecule has 0 fully saturated rings. The van der Waals surface area contributed by atoms with E-state index in [1.807, 2.05) is 48.8 Å². The number of aromatic nitrogens is 2. The zero-order chi connectivity index (χ0) is 13.2. The zero-order valence-corrected chi connectivity index (χ0v) is 11.1. The Morgan fingerprint density at radius 3 is 2.58 bits per heavy atom. The summed E-state index contributed by atoms with van der Waals surface area (Å²) in [5.41, 5.74) is 9.15. The third kappa shape index (κ3) is 2.23. The molecule has 0 aliphatic heterocycles. The Labute approximate surface area is 116 Å². The minimum Gasteiger partial charge on any atom is -0.328 e. The second-order valence-electron chi connectivity index (χ2n) is 4.44. The molecule has 3 rings (SSSR count). The minimum atomic E-state index is 0.0738. The van der Waals surface area contributed by atoms with Crippen molar-refractivity contribution in [2.45, 2.75) is 6.04 Å². The van der Waals surface area contributed by atoms with Crippen molar-refractivity contribution in [1.29, 1.82) is 0 Å². The number of nitrogens with two attached hydrogens (primary N) is 1. The van der Waals surface area contributed by atoms with Crippen LogP contribution in [0.1, 0.15) is 11.6 Å². The molecule has 0 saturated heterocycles. The Morgan fingerprint density at radius 2 is 1.84 bits per heavy atom. The van der Waals surface area contributed by atoms with Crippen molar-refractivity contribution in [3.63, 3.8) is 0 Å². The van der Waals surface area contributed by atoms with Gasteiger partial charge in [-0.25, -0.2) is 4.98 Å². The van der Waals surface area contributed by atoms with Gasteiger partial charge in [-0.1, -0.05) is 35.9 Å². The van der Waals surface area contributed by atoms with Gasteiger partial charge in [0.25, 0.3) is 0 Å². The van der Waals surface area contributed by atoms with E-state index in [1.54, 1.807) is 0 Å².